The van der Waals surface area contributed by atoms with Gasteiger partial charge in [0.2, 0.25) is 5.82 Å². The number of nitrogens with two attached hydrogens (primary N) is 1. The first-order chi connectivity index (χ1) is 9.36. The molecule has 1 aliphatic rings. The van der Waals surface area contributed by atoms with Gasteiger partial charge < -0.3 is 15.7 Å². The van der Waals surface area contributed by atoms with Crippen LogP contribution >= 0.6 is 0 Å². The van der Waals surface area contributed by atoms with Crippen LogP contribution in [-0.2, 0) is 4.79 Å². The van der Waals surface area contributed by atoms with E-state index in [4.69, 9.17) is 5.73 Å². The molecule has 1 unspecified atom stereocenters. The molecular weight excluding hydrogens is 264 g/mol. The van der Waals surface area contributed by atoms with Crippen LogP contribution in [0.15, 0.2) is 12.1 Å². The van der Waals surface area contributed by atoms with Crippen LogP contribution in [0, 0.1) is 10.1 Å². The maximum Gasteiger partial charge on any atom is 0.329 e. The van der Waals surface area contributed by atoms with Crippen LogP contribution in [-0.4, -0.2) is 33.1 Å². The number of rotatable bonds is 3. The number of anilines is 2. The lowest BCUT2D eigenvalue weighted by Crippen LogP contribution is -2.55. The van der Waals surface area contributed by atoms with E-state index in [2.05, 4.69) is 4.98 Å². The first-order valence-corrected chi connectivity index (χ1v) is 6.28. The molecule has 1 aromatic rings. The fourth-order valence-electron chi connectivity index (χ4n) is 2.47. The Kier molecular flexibility index (Phi) is 3.47. The normalized spacial score (nSPS) is 22.6. The van der Waals surface area contributed by atoms with Crippen molar-refractivity contribution in [3.8, 4) is 0 Å². The van der Waals surface area contributed by atoms with Gasteiger partial charge in [0.15, 0.2) is 0 Å². The Morgan fingerprint density at radius 3 is 2.80 bits per heavy atom. The predicted molar refractivity (Wildman–Crippen MR) is 72.5 cm³/mol. The summed E-state index contributed by atoms with van der Waals surface area (Å²) in [7, 11) is 0. The van der Waals surface area contributed by atoms with Gasteiger partial charge in [0.25, 0.3) is 0 Å². The van der Waals surface area contributed by atoms with Crippen LogP contribution in [0.4, 0.5) is 17.3 Å². The highest BCUT2D eigenvalue weighted by Crippen LogP contribution is 2.33. The second-order valence-corrected chi connectivity index (χ2v) is 5.02. The van der Waals surface area contributed by atoms with E-state index in [0.29, 0.717) is 18.8 Å². The van der Waals surface area contributed by atoms with E-state index in [-0.39, 0.29) is 11.5 Å². The molecule has 0 radical (unpaired) electrons. The second-order valence-electron chi connectivity index (χ2n) is 5.02. The number of aliphatic carboxylic acids is 1. The molecule has 0 aliphatic carbocycles. The maximum absolute atomic E-state index is 11.5. The Morgan fingerprint density at radius 1 is 1.55 bits per heavy atom. The third-order valence-corrected chi connectivity index (χ3v) is 3.71. The number of hydrogen-bond acceptors (Lipinski definition) is 6. The third-order valence-electron chi connectivity index (χ3n) is 3.71. The van der Waals surface area contributed by atoms with E-state index in [1.54, 1.807) is 11.8 Å². The van der Waals surface area contributed by atoms with Crippen molar-refractivity contribution in [3.05, 3.63) is 22.2 Å². The van der Waals surface area contributed by atoms with Gasteiger partial charge in [-0.05, 0) is 32.3 Å². The largest absolute Gasteiger partial charge is 0.480 e. The average Bonchev–Trinajstić information content (AvgIpc) is 2.38. The predicted octanol–water partition coefficient (Wildman–Crippen LogP) is 1.41. The average molecular weight is 280 g/mol. The number of carboxylic acids is 1. The van der Waals surface area contributed by atoms with E-state index < -0.39 is 16.4 Å². The number of nitrogens with zero attached hydrogens (tertiary/aromatic N) is 3. The molecule has 0 bridgehead atoms. The molecule has 0 spiro atoms. The summed E-state index contributed by atoms with van der Waals surface area (Å²) >= 11 is 0. The van der Waals surface area contributed by atoms with E-state index in [1.165, 1.54) is 12.1 Å². The van der Waals surface area contributed by atoms with Crippen LogP contribution in [0.25, 0.3) is 0 Å². The number of carbonyl (C=O) groups is 1. The summed E-state index contributed by atoms with van der Waals surface area (Å²) in [6, 6.07) is 2.70. The SMILES string of the molecule is CC1(C(=O)O)CCCCN1c1ccc([N+](=O)[O-])c(N)n1. The molecule has 8 heteroatoms. The van der Waals surface area contributed by atoms with Crippen LogP contribution in [0.1, 0.15) is 26.2 Å². The Labute approximate surface area is 115 Å². The van der Waals surface area contributed by atoms with Crippen LogP contribution in [0.5, 0.6) is 0 Å². The van der Waals surface area contributed by atoms with Crippen LogP contribution < -0.4 is 10.6 Å². The van der Waals surface area contributed by atoms with Gasteiger partial charge in [-0.25, -0.2) is 9.78 Å². The van der Waals surface area contributed by atoms with Gasteiger partial charge in [-0.15, -0.1) is 0 Å². The summed E-state index contributed by atoms with van der Waals surface area (Å²) < 4.78 is 0. The fourth-order valence-corrected chi connectivity index (χ4v) is 2.47. The maximum atomic E-state index is 11.5. The van der Waals surface area contributed by atoms with E-state index in [1.807, 2.05) is 0 Å². The number of aromatic nitrogens is 1. The summed E-state index contributed by atoms with van der Waals surface area (Å²) in [5.74, 6) is -0.778. The highest BCUT2D eigenvalue weighted by Gasteiger charge is 2.42. The molecule has 1 aromatic heterocycles. The van der Waals surface area contributed by atoms with Crippen molar-refractivity contribution >= 4 is 23.3 Å². The lowest BCUT2D eigenvalue weighted by molar-refractivity contribution is -0.384. The Bertz CT molecular complexity index is 562. The van der Waals surface area contributed by atoms with E-state index in [0.717, 1.165) is 12.8 Å². The second kappa shape index (κ2) is 4.95. The quantitative estimate of drug-likeness (QED) is 0.633. The first-order valence-electron chi connectivity index (χ1n) is 6.28. The smallest absolute Gasteiger partial charge is 0.329 e. The number of nitro groups is 1. The minimum absolute atomic E-state index is 0.203. The molecule has 1 saturated heterocycles. The summed E-state index contributed by atoms with van der Waals surface area (Å²) in [4.78, 5) is 27.3. The van der Waals surface area contributed by atoms with Gasteiger partial charge >= 0.3 is 11.7 Å². The zero-order chi connectivity index (χ0) is 14.9. The molecular formula is C12H16N4O4. The highest BCUT2D eigenvalue weighted by atomic mass is 16.6. The lowest BCUT2D eigenvalue weighted by atomic mass is 9.88. The number of piperidine rings is 1. The van der Waals surface area contributed by atoms with Gasteiger partial charge in [0.05, 0.1) is 4.92 Å². The zero-order valence-corrected chi connectivity index (χ0v) is 11.1. The van der Waals surface area contributed by atoms with Crippen molar-refractivity contribution in [2.75, 3.05) is 17.2 Å². The Morgan fingerprint density at radius 2 is 2.25 bits per heavy atom. The zero-order valence-electron chi connectivity index (χ0n) is 11.1. The molecule has 0 aromatic carbocycles. The van der Waals surface area contributed by atoms with Gasteiger partial charge in [0.1, 0.15) is 11.4 Å². The molecule has 8 nitrogen and oxygen atoms in total. The van der Waals surface area contributed by atoms with Crippen LogP contribution in [0.2, 0.25) is 0 Å². The van der Waals surface area contributed by atoms with Gasteiger partial charge in [0, 0.05) is 12.6 Å². The standard InChI is InChI=1S/C12H16N4O4/c1-12(11(17)18)6-2-3-7-15(12)9-5-4-8(16(19)20)10(13)14-9/h4-5H,2-3,6-7H2,1H3,(H2,13,14)(H,17,18). The number of carboxylic acid groups (broad SMARTS) is 1. The van der Waals surface area contributed by atoms with Gasteiger partial charge in [-0.3, -0.25) is 10.1 Å². The van der Waals surface area contributed by atoms with Crippen molar-refractivity contribution < 1.29 is 14.8 Å². The van der Waals surface area contributed by atoms with Crippen LogP contribution in [0.3, 0.4) is 0 Å². The van der Waals surface area contributed by atoms with E-state index >= 15 is 0 Å². The van der Waals surface area contributed by atoms with Crippen molar-refractivity contribution in [2.24, 2.45) is 0 Å². The number of hydrogen-bond donors (Lipinski definition) is 2. The molecule has 0 saturated carbocycles. The first kappa shape index (κ1) is 14.0. The van der Waals surface area contributed by atoms with Crippen molar-refractivity contribution in [1.82, 2.24) is 4.98 Å². The molecule has 2 heterocycles. The highest BCUT2D eigenvalue weighted by molar-refractivity contribution is 5.83. The minimum Gasteiger partial charge on any atom is -0.480 e. The summed E-state index contributed by atoms with van der Waals surface area (Å²) in [6.07, 6.45) is 2.17. The lowest BCUT2D eigenvalue weighted by Gasteiger charge is -2.42. The summed E-state index contributed by atoms with van der Waals surface area (Å²) in [5.41, 5.74) is 4.23. The number of nitrogen functional groups attached to an aromatic ring is 1. The molecule has 108 valence electrons. The van der Waals surface area contributed by atoms with E-state index in [9.17, 15) is 20.0 Å². The molecule has 3 N–H and O–H groups in total. The molecule has 1 aliphatic heterocycles. The molecule has 1 fully saturated rings. The number of pyridine rings is 1. The topological polar surface area (TPSA) is 123 Å². The summed E-state index contributed by atoms with van der Waals surface area (Å²) in [6.45, 7) is 2.17. The van der Waals surface area contributed by atoms with Crippen molar-refractivity contribution in [2.45, 2.75) is 31.7 Å². The molecule has 2 rings (SSSR count). The third kappa shape index (κ3) is 2.24. The minimum atomic E-state index is -1.06. The molecule has 0 amide bonds. The van der Waals surface area contributed by atoms with Gasteiger partial charge in [-0.2, -0.15) is 0 Å². The van der Waals surface area contributed by atoms with Crippen molar-refractivity contribution in [3.63, 3.8) is 0 Å². The monoisotopic (exact) mass is 280 g/mol. The molecule has 20 heavy (non-hydrogen) atoms. The Hall–Kier alpha value is -2.38. The molecule has 1 atom stereocenters. The van der Waals surface area contributed by atoms with Gasteiger partial charge in [-0.1, -0.05) is 0 Å². The fraction of sp³-hybridized carbons (Fsp3) is 0.500. The van der Waals surface area contributed by atoms with Crippen molar-refractivity contribution in [1.29, 1.82) is 0 Å². The Balaban J connectivity index is 2.41. The summed E-state index contributed by atoms with van der Waals surface area (Å²) in [5, 5.41) is 20.2.